The molecule has 0 aromatic rings. The molecule has 46 valence electrons. The molecule has 8 heavy (non-hydrogen) atoms. The van der Waals surface area contributed by atoms with Gasteiger partial charge in [0, 0.05) is 5.25 Å². The van der Waals surface area contributed by atoms with Gasteiger partial charge in [-0.05, 0) is 18.6 Å². The Labute approximate surface area is 60.6 Å². The van der Waals surface area contributed by atoms with E-state index >= 15 is 0 Å². The largest absolute Gasteiger partial charge is 0.232 e. The van der Waals surface area contributed by atoms with Gasteiger partial charge in [-0.1, -0.05) is 6.92 Å². The van der Waals surface area contributed by atoms with Gasteiger partial charge in [-0.25, -0.2) is 4.99 Å². The smallest absolute Gasteiger partial charge is 0.0584 e. The molecule has 0 aliphatic heterocycles. The van der Waals surface area contributed by atoms with Crippen LogP contribution in [0.3, 0.4) is 0 Å². The Hall–Kier alpha value is 0.150. The third kappa shape index (κ3) is 6.15. The lowest BCUT2D eigenvalue weighted by Gasteiger charge is -1.95. The summed E-state index contributed by atoms with van der Waals surface area (Å²) in [6, 6.07) is 0. The summed E-state index contributed by atoms with van der Waals surface area (Å²) in [5.74, 6) is 0. The Morgan fingerprint density at radius 1 is 1.88 bits per heavy atom. The van der Waals surface area contributed by atoms with Gasteiger partial charge >= 0.3 is 0 Å². The van der Waals surface area contributed by atoms with Crippen molar-refractivity contribution in [3.8, 4) is 0 Å². The molecule has 0 heterocycles. The Morgan fingerprint density at radius 2 is 2.50 bits per heavy atom. The fourth-order valence-corrected chi connectivity index (χ4v) is 0.504. The van der Waals surface area contributed by atoms with Gasteiger partial charge in [0.2, 0.25) is 0 Å². The third-order valence-electron chi connectivity index (χ3n) is 0.723. The first-order valence-electron chi connectivity index (χ1n) is 2.49. The van der Waals surface area contributed by atoms with Crippen LogP contribution in [-0.4, -0.2) is 17.0 Å². The van der Waals surface area contributed by atoms with Crippen LogP contribution in [0.25, 0.3) is 0 Å². The highest BCUT2D eigenvalue weighted by molar-refractivity contribution is 7.80. The highest BCUT2D eigenvalue weighted by atomic mass is 32.1. The predicted octanol–water partition coefficient (Wildman–Crippen LogP) is 1.80. The minimum atomic E-state index is 0.419. The van der Waals surface area contributed by atoms with E-state index in [1.165, 1.54) is 0 Å². The molecule has 0 radical (unpaired) electrons. The SMILES string of the molecule is CC(S)CCN=C=S. The molecule has 0 aliphatic rings. The second-order valence-corrected chi connectivity index (χ2v) is 2.67. The fourth-order valence-electron chi connectivity index (χ4n) is 0.297. The summed E-state index contributed by atoms with van der Waals surface area (Å²) >= 11 is 8.51. The van der Waals surface area contributed by atoms with Crippen LogP contribution in [0.15, 0.2) is 4.99 Å². The summed E-state index contributed by atoms with van der Waals surface area (Å²) in [5.41, 5.74) is 0. The van der Waals surface area contributed by atoms with Gasteiger partial charge in [-0.15, -0.1) is 0 Å². The lowest BCUT2D eigenvalue weighted by molar-refractivity contribution is 0.832. The van der Waals surface area contributed by atoms with Gasteiger partial charge < -0.3 is 0 Å². The van der Waals surface area contributed by atoms with Crippen molar-refractivity contribution >= 4 is 30.0 Å². The van der Waals surface area contributed by atoms with E-state index in [1.54, 1.807) is 0 Å². The Kier molecular flexibility index (Phi) is 5.39. The second-order valence-electron chi connectivity index (χ2n) is 1.61. The van der Waals surface area contributed by atoms with E-state index in [-0.39, 0.29) is 0 Å². The Balaban J connectivity index is 3.05. The molecular formula is C5H9NS2. The van der Waals surface area contributed by atoms with Gasteiger partial charge in [0.25, 0.3) is 0 Å². The van der Waals surface area contributed by atoms with E-state index in [2.05, 4.69) is 35.0 Å². The fraction of sp³-hybridized carbons (Fsp3) is 0.800. The van der Waals surface area contributed by atoms with E-state index < -0.39 is 0 Å². The number of rotatable bonds is 3. The summed E-state index contributed by atoms with van der Waals surface area (Å²) in [6.07, 6.45) is 0.979. The van der Waals surface area contributed by atoms with Crippen molar-refractivity contribution in [1.29, 1.82) is 0 Å². The molecule has 1 atom stereocenters. The van der Waals surface area contributed by atoms with E-state index in [1.807, 2.05) is 6.92 Å². The summed E-state index contributed by atoms with van der Waals surface area (Å²) in [5, 5.41) is 2.72. The summed E-state index contributed by atoms with van der Waals surface area (Å²) in [6.45, 7) is 2.79. The molecule has 0 aromatic carbocycles. The zero-order chi connectivity index (χ0) is 6.41. The van der Waals surface area contributed by atoms with Crippen LogP contribution in [-0.2, 0) is 0 Å². The number of aliphatic imine (C=N–C) groups is 1. The van der Waals surface area contributed by atoms with Crippen LogP contribution >= 0.6 is 24.8 Å². The minimum Gasteiger partial charge on any atom is -0.232 e. The molecule has 0 spiro atoms. The van der Waals surface area contributed by atoms with Gasteiger partial charge in [0.1, 0.15) is 0 Å². The topological polar surface area (TPSA) is 12.4 Å². The van der Waals surface area contributed by atoms with Crippen LogP contribution in [0.5, 0.6) is 0 Å². The Bertz CT molecular complexity index is 94.6. The van der Waals surface area contributed by atoms with Crippen molar-refractivity contribution in [3.05, 3.63) is 0 Å². The first kappa shape index (κ1) is 8.15. The number of hydrogen-bond donors (Lipinski definition) is 1. The van der Waals surface area contributed by atoms with Crippen molar-refractivity contribution in [3.63, 3.8) is 0 Å². The van der Waals surface area contributed by atoms with Gasteiger partial charge in [0.05, 0.1) is 11.7 Å². The van der Waals surface area contributed by atoms with Crippen LogP contribution in [0.2, 0.25) is 0 Å². The standard InChI is InChI=1S/C5H9NS2/c1-5(8)2-3-6-4-7/h5,8H,2-3H2,1H3. The molecule has 0 rings (SSSR count). The lowest BCUT2D eigenvalue weighted by atomic mass is 10.3. The molecule has 3 heteroatoms. The highest BCUT2D eigenvalue weighted by Gasteiger charge is 1.89. The second kappa shape index (κ2) is 5.29. The van der Waals surface area contributed by atoms with Gasteiger partial charge in [-0.2, -0.15) is 12.6 Å². The molecule has 0 aromatic heterocycles. The van der Waals surface area contributed by atoms with E-state index in [9.17, 15) is 0 Å². The minimum absolute atomic E-state index is 0.419. The number of isothiocyanates is 1. The first-order chi connectivity index (χ1) is 3.77. The van der Waals surface area contributed by atoms with Crippen molar-refractivity contribution in [1.82, 2.24) is 0 Å². The van der Waals surface area contributed by atoms with E-state index in [0.717, 1.165) is 13.0 Å². The molecule has 0 amide bonds. The van der Waals surface area contributed by atoms with Crippen molar-refractivity contribution in [2.45, 2.75) is 18.6 Å². The summed E-state index contributed by atoms with van der Waals surface area (Å²) < 4.78 is 0. The molecule has 0 N–H and O–H groups in total. The van der Waals surface area contributed by atoms with Crippen LogP contribution in [0.4, 0.5) is 0 Å². The molecule has 0 saturated heterocycles. The maximum Gasteiger partial charge on any atom is 0.0584 e. The molecule has 0 saturated carbocycles. The molecule has 1 nitrogen and oxygen atoms in total. The molecular weight excluding hydrogens is 138 g/mol. The summed E-state index contributed by atoms with van der Waals surface area (Å²) in [4.78, 5) is 3.73. The highest BCUT2D eigenvalue weighted by Crippen LogP contribution is 1.97. The van der Waals surface area contributed by atoms with Crippen LogP contribution < -0.4 is 0 Å². The van der Waals surface area contributed by atoms with Gasteiger partial charge in [-0.3, -0.25) is 0 Å². The number of thiol groups is 1. The molecule has 0 aliphatic carbocycles. The van der Waals surface area contributed by atoms with Crippen molar-refractivity contribution < 1.29 is 0 Å². The first-order valence-corrected chi connectivity index (χ1v) is 3.41. The van der Waals surface area contributed by atoms with E-state index in [4.69, 9.17) is 0 Å². The van der Waals surface area contributed by atoms with Crippen molar-refractivity contribution in [2.24, 2.45) is 4.99 Å². The third-order valence-corrected chi connectivity index (χ3v) is 1.11. The maximum absolute atomic E-state index is 4.36. The van der Waals surface area contributed by atoms with Gasteiger partial charge in [0.15, 0.2) is 0 Å². The van der Waals surface area contributed by atoms with Crippen molar-refractivity contribution in [2.75, 3.05) is 6.54 Å². The Morgan fingerprint density at radius 3 is 2.88 bits per heavy atom. The van der Waals surface area contributed by atoms with Crippen LogP contribution in [0.1, 0.15) is 13.3 Å². The summed E-state index contributed by atoms with van der Waals surface area (Å²) in [7, 11) is 0. The lowest BCUT2D eigenvalue weighted by Crippen LogP contribution is -1.92. The number of hydrogen-bond acceptors (Lipinski definition) is 3. The predicted molar refractivity (Wildman–Crippen MR) is 43.0 cm³/mol. The average molecular weight is 147 g/mol. The molecule has 0 fully saturated rings. The molecule has 0 bridgehead atoms. The van der Waals surface area contributed by atoms with E-state index in [0.29, 0.717) is 5.25 Å². The average Bonchev–Trinajstić information content (AvgIpc) is 1.66. The maximum atomic E-state index is 4.36. The number of nitrogens with zero attached hydrogens (tertiary/aromatic N) is 1. The normalized spacial score (nSPS) is 12.2. The zero-order valence-electron chi connectivity index (χ0n) is 4.79. The monoisotopic (exact) mass is 147 g/mol. The number of thiocarbonyl (C=S) groups is 1. The zero-order valence-corrected chi connectivity index (χ0v) is 6.51. The molecule has 1 unspecified atom stereocenters. The van der Waals surface area contributed by atoms with Crippen LogP contribution in [0, 0.1) is 0 Å². The quantitative estimate of drug-likeness (QED) is 0.365.